The molecule has 9 heteroatoms. The van der Waals surface area contributed by atoms with Crippen molar-refractivity contribution < 1.29 is 23.8 Å². The van der Waals surface area contributed by atoms with Crippen LogP contribution in [0.3, 0.4) is 0 Å². The van der Waals surface area contributed by atoms with Crippen LogP contribution >= 0.6 is 0 Å². The first-order valence-corrected chi connectivity index (χ1v) is 13.4. The van der Waals surface area contributed by atoms with Gasteiger partial charge in [0.2, 0.25) is 0 Å². The number of fused-ring (bicyclic) bond motifs is 1. The molecule has 1 aromatic heterocycles. The number of carbonyl (C=O) groups is 2. The highest BCUT2D eigenvalue weighted by Gasteiger charge is 2.40. The first kappa shape index (κ1) is 25.2. The number of nitrogens with one attached hydrogen (secondary N) is 1. The second-order valence-corrected chi connectivity index (χ2v) is 10.5. The zero-order valence-electron chi connectivity index (χ0n) is 22.0. The van der Waals surface area contributed by atoms with Crippen LogP contribution in [0.5, 0.6) is 17.2 Å². The van der Waals surface area contributed by atoms with Crippen molar-refractivity contribution in [1.29, 1.82) is 0 Å². The summed E-state index contributed by atoms with van der Waals surface area (Å²) in [6, 6.07) is 17.6. The number of benzene rings is 2. The molecule has 9 nitrogen and oxygen atoms in total. The zero-order chi connectivity index (χ0) is 26.8. The number of para-hydroxylation sites is 1. The molecule has 4 heterocycles. The van der Waals surface area contributed by atoms with Gasteiger partial charge in [0.25, 0.3) is 11.8 Å². The van der Waals surface area contributed by atoms with Crippen LogP contribution in [-0.4, -0.2) is 62.8 Å². The molecule has 0 radical (unpaired) electrons. The minimum absolute atomic E-state index is 0.0221. The van der Waals surface area contributed by atoms with E-state index in [9.17, 15) is 9.59 Å². The van der Waals surface area contributed by atoms with E-state index in [1.54, 1.807) is 24.1 Å². The van der Waals surface area contributed by atoms with Crippen LogP contribution in [0.2, 0.25) is 0 Å². The number of hydrogen-bond acceptors (Lipinski definition) is 7. The second-order valence-electron chi connectivity index (χ2n) is 10.5. The van der Waals surface area contributed by atoms with E-state index in [1.807, 2.05) is 42.5 Å². The van der Waals surface area contributed by atoms with Gasteiger partial charge >= 0.3 is 0 Å². The monoisotopic (exact) mass is 528 g/mol. The third-order valence-corrected chi connectivity index (χ3v) is 7.94. The van der Waals surface area contributed by atoms with Crippen LogP contribution in [0.4, 0.5) is 11.4 Å². The number of rotatable bonds is 5. The number of amides is 2. The predicted octanol–water partition coefficient (Wildman–Crippen LogP) is 4.03. The van der Waals surface area contributed by atoms with Gasteiger partial charge in [-0.1, -0.05) is 18.2 Å². The molecule has 2 saturated heterocycles. The highest BCUT2D eigenvalue weighted by molar-refractivity contribution is 6.03. The lowest BCUT2D eigenvalue weighted by Gasteiger charge is -2.33. The number of likely N-dealkylation sites (N-methyl/N-ethyl adjacent to an activating group) is 1. The summed E-state index contributed by atoms with van der Waals surface area (Å²) in [5.74, 6) is 1.01. The van der Waals surface area contributed by atoms with Gasteiger partial charge < -0.3 is 29.3 Å². The fraction of sp³-hybridized carbons (Fsp3) is 0.367. The van der Waals surface area contributed by atoms with Crippen molar-refractivity contribution in [3.63, 3.8) is 0 Å². The Morgan fingerprint density at radius 1 is 1.05 bits per heavy atom. The molecule has 3 aromatic rings. The molecule has 0 aliphatic carbocycles. The molecule has 3 aliphatic heterocycles. The average Bonchev–Trinajstić information content (AvgIpc) is 3.33. The number of carbonyl (C=O) groups excluding carboxylic acids is 2. The summed E-state index contributed by atoms with van der Waals surface area (Å²) in [5, 5.41) is 2.79. The highest BCUT2D eigenvalue weighted by atomic mass is 16.5. The van der Waals surface area contributed by atoms with Crippen molar-refractivity contribution in [2.45, 2.75) is 25.3 Å². The summed E-state index contributed by atoms with van der Waals surface area (Å²) in [6.07, 6.45) is 4.84. The predicted molar refractivity (Wildman–Crippen MR) is 147 cm³/mol. The Hall–Kier alpha value is -4.11. The Labute approximate surface area is 227 Å². The average molecular weight is 529 g/mol. The number of ether oxygens (including phenoxy) is 3. The number of hydrogen-bond donors (Lipinski definition) is 1. The number of pyridine rings is 1. The van der Waals surface area contributed by atoms with Crippen molar-refractivity contribution >= 4 is 23.2 Å². The summed E-state index contributed by atoms with van der Waals surface area (Å²) in [4.78, 5) is 34.6. The molecule has 0 saturated carbocycles. The molecule has 6 rings (SSSR count). The van der Waals surface area contributed by atoms with E-state index < -0.39 is 11.9 Å². The van der Waals surface area contributed by atoms with Crippen LogP contribution < -0.4 is 24.6 Å². The summed E-state index contributed by atoms with van der Waals surface area (Å²) in [5.41, 5.74) is 2.23. The van der Waals surface area contributed by atoms with E-state index in [4.69, 9.17) is 14.2 Å². The number of anilines is 2. The Morgan fingerprint density at radius 2 is 1.87 bits per heavy atom. The Morgan fingerprint density at radius 3 is 2.69 bits per heavy atom. The third-order valence-electron chi connectivity index (χ3n) is 7.94. The number of nitrogens with zero attached hydrogens (tertiary/aromatic N) is 3. The van der Waals surface area contributed by atoms with Crippen LogP contribution in [0.1, 0.15) is 29.8 Å². The van der Waals surface area contributed by atoms with Crippen molar-refractivity contribution in [3.05, 3.63) is 72.6 Å². The van der Waals surface area contributed by atoms with E-state index in [1.165, 1.54) is 6.20 Å². The highest BCUT2D eigenvalue weighted by Crippen LogP contribution is 2.43. The van der Waals surface area contributed by atoms with E-state index in [-0.39, 0.29) is 18.2 Å². The molecule has 2 aromatic carbocycles. The Kier molecular flexibility index (Phi) is 6.83. The van der Waals surface area contributed by atoms with Crippen LogP contribution in [0, 0.1) is 5.41 Å². The third kappa shape index (κ3) is 5.27. The minimum Gasteiger partial charge on any atom is -0.489 e. The Balaban J connectivity index is 1.14. The van der Waals surface area contributed by atoms with E-state index in [0.717, 1.165) is 51.3 Å². The largest absolute Gasteiger partial charge is 0.489 e. The van der Waals surface area contributed by atoms with Gasteiger partial charge in [0, 0.05) is 51.3 Å². The summed E-state index contributed by atoms with van der Waals surface area (Å²) < 4.78 is 17.4. The van der Waals surface area contributed by atoms with Crippen molar-refractivity contribution in [1.82, 2.24) is 10.3 Å². The van der Waals surface area contributed by atoms with Gasteiger partial charge in [-0.3, -0.25) is 14.6 Å². The lowest BCUT2D eigenvalue weighted by molar-refractivity contribution is -0.120. The van der Waals surface area contributed by atoms with Gasteiger partial charge in [-0.25, -0.2) is 0 Å². The van der Waals surface area contributed by atoms with Crippen LogP contribution in [0.15, 0.2) is 66.9 Å². The summed E-state index contributed by atoms with van der Waals surface area (Å²) >= 11 is 0. The quantitative estimate of drug-likeness (QED) is 0.534. The van der Waals surface area contributed by atoms with Gasteiger partial charge in [-0.05, 0) is 61.1 Å². The van der Waals surface area contributed by atoms with Crippen LogP contribution in [-0.2, 0) is 9.53 Å². The maximum absolute atomic E-state index is 13.4. The second kappa shape index (κ2) is 10.6. The fourth-order valence-corrected chi connectivity index (χ4v) is 5.61. The smallest absolute Gasteiger partial charge is 0.270 e. The summed E-state index contributed by atoms with van der Waals surface area (Å²) in [6.45, 7) is 3.66. The molecule has 1 N–H and O–H groups in total. The van der Waals surface area contributed by atoms with E-state index >= 15 is 0 Å². The van der Waals surface area contributed by atoms with Crippen molar-refractivity contribution in [3.8, 4) is 17.2 Å². The maximum atomic E-state index is 13.4. The lowest BCUT2D eigenvalue weighted by Crippen LogP contribution is -2.49. The Bertz CT molecular complexity index is 1360. The first-order valence-electron chi connectivity index (χ1n) is 13.4. The SMILES string of the molecule is CN1C(=O)C(NC(=O)c2cc(Oc3ccccc3)ccn2)COc2ccc(N3CCC4(CCOCC4)C3)cc21. The first-order chi connectivity index (χ1) is 19.0. The summed E-state index contributed by atoms with van der Waals surface area (Å²) in [7, 11) is 1.72. The van der Waals surface area contributed by atoms with Crippen LogP contribution in [0.25, 0.3) is 0 Å². The molecule has 2 fully saturated rings. The molecule has 3 aliphatic rings. The van der Waals surface area contributed by atoms with Gasteiger partial charge in [-0.15, -0.1) is 0 Å². The van der Waals surface area contributed by atoms with Gasteiger partial charge in [-0.2, -0.15) is 0 Å². The molecule has 2 amide bonds. The van der Waals surface area contributed by atoms with Crippen molar-refractivity contribution in [2.24, 2.45) is 5.41 Å². The fourth-order valence-electron chi connectivity index (χ4n) is 5.61. The van der Waals surface area contributed by atoms with E-state index in [2.05, 4.69) is 21.3 Å². The minimum atomic E-state index is -0.865. The normalized spacial score (nSPS) is 20.2. The zero-order valence-corrected chi connectivity index (χ0v) is 22.0. The van der Waals surface area contributed by atoms with E-state index in [0.29, 0.717) is 28.4 Å². The van der Waals surface area contributed by atoms with Gasteiger partial charge in [0.1, 0.15) is 35.6 Å². The molecule has 39 heavy (non-hydrogen) atoms. The molecule has 202 valence electrons. The molecule has 0 bridgehead atoms. The molecular formula is C30H32N4O5. The molecular weight excluding hydrogens is 496 g/mol. The number of aromatic nitrogens is 1. The van der Waals surface area contributed by atoms with Crippen molar-refractivity contribution in [2.75, 3.05) is 49.8 Å². The molecule has 1 spiro atoms. The van der Waals surface area contributed by atoms with Gasteiger partial charge in [0.15, 0.2) is 0 Å². The van der Waals surface area contributed by atoms with Gasteiger partial charge in [0.05, 0.1) is 5.69 Å². The maximum Gasteiger partial charge on any atom is 0.270 e. The standard InChI is InChI=1S/C30H32N4O5/c1-33-26-17-21(34-14-10-30(20-34)11-15-37-16-12-30)7-8-27(26)38-19-25(29(33)36)32-28(35)24-18-23(9-13-31-24)39-22-5-3-2-4-6-22/h2-9,13,17-18,25H,10-12,14-16,19-20H2,1H3,(H,32,35). The topological polar surface area (TPSA) is 93.2 Å². The lowest BCUT2D eigenvalue weighted by atomic mass is 9.80. The molecule has 1 atom stereocenters. The molecule has 1 unspecified atom stereocenters.